The summed E-state index contributed by atoms with van der Waals surface area (Å²) in [4.78, 5) is 12.1. The fraction of sp³-hybridized carbons (Fsp3) is 0.286. The minimum Gasteiger partial charge on any atom is -0.485 e. The second-order valence-electron chi connectivity index (χ2n) is 6.59. The van der Waals surface area contributed by atoms with Crippen molar-refractivity contribution in [2.75, 3.05) is 11.1 Å². The van der Waals surface area contributed by atoms with Gasteiger partial charge >= 0.3 is 0 Å². The van der Waals surface area contributed by atoms with Crippen LogP contribution in [0.5, 0.6) is 5.75 Å². The molecular formula is C21H22F2N4O2S. The van der Waals surface area contributed by atoms with E-state index in [-0.39, 0.29) is 18.0 Å². The van der Waals surface area contributed by atoms with E-state index in [9.17, 15) is 13.6 Å². The van der Waals surface area contributed by atoms with Crippen molar-refractivity contribution in [1.29, 1.82) is 0 Å². The first kappa shape index (κ1) is 21.8. The molecule has 3 rings (SSSR count). The van der Waals surface area contributed by atoms with Crippen LogP contribution in [0.3, 0.4) is 0 Å². The zero-order valence-electron chi connectivity index (χ0n) is 16.9. The first-order chi connectivity index (χ1) is 14.4. The lowest BCUT2D eigenvalue weighted by Gasteiger charge is -2.11. The maximum Gasteiger partial charge on any atom is 0.234 e. The molecule has 0 saturated heterocycles. The zero-order chi connectivity index (χ0) is 21.7. The Balaban J connectivity index is 1.61. The lowest BCUT2D eigenvalue weighted by Crippen LogP contribution is -2.16. The molecule has 1 amide bonds. The molecule has 0 spiro atoms. The lowest BCUT2D eigenvalue weighted by atomic mass is 10.1. The standard InChI is InChI=1S/C21H22F2N4O2S/c1-4-27-19(11-29-18-7-5-6-13(2)14(18)3)25-26-21(27)30-12-20(28)24-17-9-8-15(22)10-16(17)23/h5-10H,4,11-12H2,1-3H3,(H,24,28). The van der Waals surface area contributed by atoms with Crippen LogP contribution in [-0.4, -0.2) is 26.4 Å². The van der Waals surface area contributed by atoms with Gasteiger partial charge in [0.2, 0.25) is 5.91 Å². The van der Waals surface area contributed by atoms with Crippen LogP contribution in [0.1, 0.15) is 23.9 Å². The summed E-state index contributed by atoms with van der Waals surface area (Å²) in [7, 11) is 0. The summed E-state index contributed by atoms with van der Waals surface area (Å²) in [6, 6.07) is 8.86. The van der Waals surface area contributed by atoms with Gasteiger partial charge in [0.25, 0.3) is 0 Å². The molecule has 2 aromatic carbocycles. The summed E-state index contributed by atoms with van der Waals surface area (Å²) in [6.07, 6.45) is 0. The Hall–Kier alpha value is -2.94. The summed E-state index contributed by atoms with van der Waals surface area (Å²) in [6.45, 7) is 6.82. The molecule has 0 unspecified atom stereocenters. The van der Waals surface area contributed by atoms with E-state index in [2.05, 4.69) is 15.5 Å². The summed E-state index contributed by atoms with van der Waals surface area (Å²) in [5, 5.41) is 11.3. The Morgan fingerprint density at radius 2 is 2.00 bits per heavy atom. The fourth-order valence-electron chi connectivity index (χ4n) is 2.78. The van der Waals surface area contributed by atoms with Gasteiger partial charge in [0, 0.05) is 12.6 Å². The van der Waals surface area contributed by atoms with E-state index >= 15 is 0 Å². The monoisotopic (exact) mass is 432 g/mol. The second kappa shape index (κ2) is 9.71. The van der Waals surface area contributed by atoms with E-state index < -0.39 is 17.5 Å². The molecule has 0 aliphatic heterocycles. The Morgan fingerprint density at radius 3 is 2.73 bits per heavy atom. The highest BCUT2D eigenvalue weighted by Crippen LogP contribution is 2.23. The van der Waals surface area contributed by atoms with Crippen LogP contribution in [0.4, 0.5) is 14.5 Å². The number of ether oxygens (including phenoxy) is 1. The van der Waals surface area contributed by atoms with E-state index in [1.807, 2.05) is 43.5 Å². The number of carbonyl (C=O) groups is 1. The molecule has 1 aromatic heterocycles. The smallest absolute Gasteiger partial charge is 0.234 e. The summed E-state index contributed by atoms with van der Waals surface area (Å²) < 4.78 is 34.4. The minimum absolute atomic E-state index is 0.00674. The van der Waals surface area contributed by atoms with Gasteiger partial charge in [-0.1, -0.05) is 23.9 Å². The molecular weight excluding hydrogens is 410 g/mol. The van der Waals surface area contributed by atoms with Crippen molar-refractivity contribution in [2.45, 2.75) is 39.1 Å². The normalized spacial score (nSPS) is 10.8. The lowest BCUT2D eigenvalue weighted by molar-refractivity contribution is -0.113. The number of rotatable bonds is 8. The zero-order valence-corrected chi connectivity index (χ0v) is 17.7. The van der Waals surface area contributed by atoms with Crippen molar-refractivity contribution in [3.63, 3.8) is 0 Å². The summed E-state index contributed by atoms with van der Waals surface area (Å²) in [5.74, 6) is -0.513. The molecule has 0 bridgehead atoms. The quantitative estimate of drug-likeness (QED) is 0.531. The van der Waals surface area contributed by atoms with Crippen molar-refractivity contribution >= 4 is 23.4 Å². The molecule has 0 aliphatic carbocycles. The van der Waals surface area contributed by atoms with Gasteiger partial charge in [-0.25, -0.2) is 8.78 Å². The first-order valence-electron chi connectivity index (χ1n) is 9.37. The maximum atomic E-state index is 13.7. The molecule has 6 nitrogen and oxygen atoms in total. The summed E-state index contributed by atoms with van der Waals surface area (Å²) >= 11 is 1.18. The predicted octanol–water partition coefficient (Wildman–Crippen LogP) is 4.50. The SMILES string of the molecule is CCn1c(COc2cccc(C)c2C)nnc1SCC(=O)Nc1ccc(F)cc1F. The molecule has 0 fully saturated rings. The fourth-order valence-corrected chi connectivity index (χ4v) is 3.60. The number of halogens is 2. The van der Waals surface area contributed by atoms with Crippen LogP contribution in [0.25, 0.3) is 0 Å². The molecule has 0 atom stereocenters. The molecule has 0 radical (unpaired) electrons. The number of thioether (sulfide) groups is 1. The third-order valence-electron chi connectivity index (χ3n) is 4.56. The average molecular weight is 432 g/mol. The highest BCUT2D eigenvalue weighted by atomic mass is 32.2. The molecule has 0 aliphatic rings. The van der Waals surface area contributed by atoms with Gasteiger partial charge in [0.05, 0.1) is 11.4 Å². The number of aromatic nitrogens is 3. The first-order valence-corrected chi connectivity index (χ1v) is 10.4. The minimum atomic E-state index is -0.823. The second-order valence-corrected chi connectivity index (χ2v) is 7.53. The van der Waals surface area contributed by atoms with Crippen molar-refractivity contribution in [1.82, 2.24) is 14.8 Å². The number of nitrogens with zero attached hydrogens (tertiary/aromatic N) is 3. The number of hydrogen-bond donors (Lipinski definition) is 1. The van der Waals surface area contributed by atoms with Gasteiger partial charge in [-0.3, -0.25) is 4.79 Å². The number of nitrogens with one attached hydrogen (secondary N) is 1. The highest BCUT2D eigenvalue weighted by Gasteiger charge is 2.15. The number of amides is 1. The van der Waals surface area contributed by atoms with Crippen LogP contribution in [0.2, 0.25) is 0 Å². The Kier molecular flexibility index (Phi) is 7.04. The van der Waals surface area contributed by atoms with Crippen molar-refractivity contribution in [2.24, 2.45) is 0 Å². The van der Waals surface area contributed by atoms with Gasteiger partial charge in [-0.2, -0.15) is 0 Å². The molecule has 0 saturated carbocycles. The Bertz CT molecular complexity index is 1060. The van der Waals surface area contributed by atoms with Gasteiger partial charge in [0.1, 0.15) is 24.0 Å². The molecule has 1 heterocycles. The Labute approximate surface area is 177 Å². The summed E-state index contributed by atoms with van der Waals surface area (Å²) in [5.41, 5.74) is 2.14. The van der Waals surface area contributed by atoms with Crippen LogP contribution in [0.15, 0.2) is 41.6 Å². The van der Waals surface area contributed by atoms with Crippen molar-refractivity contribution in [3.05, 3.63) is 65.0 Å². The van der Waals surface area contributed by atoms with Gasteiger partial charge < -0.3 is 14.6 Å². The molecule has 3 aromatic rings. The van der Waals surface area contributed by atoms with E-state index in [1.165, 1.54) is 17.8 Å². The number of aryl methyl sites for hydroxylation is 1. The van der Waals surface area contributed by atoms with Gasteiger partial charge in [0.15, 0.2) is 11.0 Å². The molecule has 30 heavy (non-hydrogen) atoms. The third-order valence-corrected chi connectivity index (χ3v) is 5.53. The van der Waals surface area contributed by atoms with Crippen molar-refractivity contribution in [3.8, 4) is 5.75 Å². The van der Waals surface area contributed by atoms with E-state index in [0.717, 1.165) is 29.0 Å². The van der Waals surface area contributed by atoms with E-state index in [1.54, 1.807) is 0 Å². The predicted molar refractivity (Wildman–Crippen MR) is 112 cm³/mol. The number of hydrogen-bond acceptors (Lipinski definition) is 5. The van der Waals surface area contributed by atoms with Gasteiger partial charge in [-0.05, 0) is 50.1 Å². The molecule has 9 heteroatoms. The number of anilines is 1. The number of benzene rings is 2. The van der Waals surface area contributed by atoms with Gasteiger partial charge in [-0.15, -0.1) is 10.2 Å². The van der Waals surface area contributed by atoms with Crippen LogP contribution in [-0.2, 0) is 17.9 Å². The average Bonchev–Trinajstić information content (AvgIpc) is 3.11. The topological polar surface area (TPSA) is 69.0 Å². The third kappa shape index (κ3) is 5.15. The molecule has 1 N–H and O–H groups in total. The number of carbonyl (C=O) groups excluding carboxylic acids is 1. The van der Waals surface area contributed by atoms with E-state index in [4.69, 9.17) is 4.74 Å². The van der Waals surface area contributed by atoms with E-state index in [0.29, 0.717) is 17.5 Å². The maximum absolute atomic E-state index is 13.7. The largest absolute Gasteiger partial charge is 0.485 e. The highest BCUT2D eigenvalue weighted by molar-refractivity contribution is 7.99. The van der Waals surface area contributed by atoms with Crippen LogP contribution >= 0.6 is 11.8 Å². The van der Waals surface area contributed by atoms with Crippen LogP contribution < -0.4 is 10.1 Å². The molecule has 158 valence electrons. The van der Waals surface area contributed by atoms with Crippen molar-refractivity contribution < 1.29 is 18.3 Å². The Morgan fingerprint density at radius 1 is 1.20 bits per heavy atom. The van der Waals surface area contributed by atoms with Crippen LogP contribution in [0, 0.1) is 25.5 Å².